The van der Waals surface area contributed by atoms with Gasteiger partial charge in [-0.1, -0.05) is 6.07 Å². The zero-order chi connectivity index (χ0) is 12.3. The predicted molar refractivity (Wildman–Crippen MR) is 65.5 cm³/mol. The zero-order valence-corrected chi connectivity index (χ0v) is 10.2. The molecule has 2 aromatic heterocycles. The van der Waals surface area contributed by atoms with Crippen molar-refractivity contribution in [2.45, 2.75) is 25.9 Å². The van der Waals surface area contributed by atoms with E-state index in [-0.39, 0.29) is 0 Å². The lowest BCUT2D eigenvalue weighted by Gasteiger charge is -2.10. The van der Waals surface area contributed by atoms with Crippen LogP contribution in [0, 0.1) is 6.92 Å². The van der Waals surface area contributed by atoms with Gasteiger partial charge in [0, 0.05) is 25.1 Å². The van der Waals surface area contributed by atoms with Gasteiger partial charge in [0.2, 0.25) is 0 Å². The molecule has 90 valence electrons. The topological polar surface area (TPSA) is 50.9 Å². The number of hydrogen-bond donors (Lipinski definition) is 1. The third kappa shape index (κ3) is 2.91. The molecule has 4 heteroatoms. The van der Waals surface area contributed by atoms with Gasteiger partial charge in [-0.2, -0.15) is 5.10 Å². The van der Waals surface area contributed by atoms with E-state index in [9.17, 15) is 5.11 Å². The first-order chi connectivity index (χ1) is 8.16. The third-order valence-corrected chi connectivity index (χ3v) is 2.87. The maximum absolute atomic E-state index is 10.0. The van der Waals surface area contributed by atoms with Crippen LogP contribution in [0.1, 0.15) is 29.5 Å². The molecule has 2 heterocycles. The number of aliphatic hydroxyl groups is 1. The summed E-state index contributed by atoms with van der Waals surface area (Å²) in [5.74, 6) is 0. The number of aliphatic hydroxyl groups excluding tert-OH is 1. The fraction of sp³-hybridized carbons (Fsp3) is 0.385. The Bertz CT molecular complexity index is 476. The average Bonchev–Trinajstić information content (AvgIpc) is 2.73. The highest BCUT2D eigenvalue weighted by Crippen LogP contribution is 2.16. The predicted octanol–water partition coefficient (Wildman–Crippen LogP) is 1.79. The van der Waals surface area contributed by atoms with Crippen LogP contribution in [0.4, 0.5) is 0 Å². The molecule has 0 aliphatic heterocycles. The molecule has 2 rings (SSSR count). The lowest BCUT2D eigenvalue weighted by molar-refractivity contribution is 0.162. The van der Waals surface area contributed by atoms with Crippen molar-refractivity contribution >= 4 is 0 Å². The molecule has 4 nitrogen and oxygen atoms in total. The van der Waals surface area contributed by atoms with E-state index >= 15 is 0 Å². The Hall–Kier alpha value is -1.68. The van der Waals surface area contributed by atoms with Crippen LogP contribution in [0.5, 0.6) is 0 Å². The van der Waals surface area contributed by atoms with Gasteiger partial charge >= 0.3 is 0 Å². The normalized spacial score (nSPS) is 12.6. The second kappa shape index (κ2) is 5.10. The van der Waals surface area contributed by atoms with Crippen molar-refractivity contribution in [2.24, 2.45) is 7.05 Å². The van der Waals surface area contributed by atoms with Crippen molar-refractivity contribution in [3.05, 3.63) is 47.5 Å². The number of aryl methyl sites for hydroxylation is 3. The Morgan fingerprint density at radius 1 is 1.35 bits per heavy atom. The van der Waals surface area contributed by atoms with Gasteiger partial charge in [0.05, 0.1) is 11.8 Å². The van der Waals surface area contributed by atoms with Crippen LogP contribution < -0.4 is 0 Å². The summed E-state index contributed by atoms with van der Waals surface area (Å²) in [5.41, 5.74) is 2.96. The highest BCUT2D eigenvalue weighted by Gasteiger charge is 2.10. The fourth-order valence-corrected chi connectivity index (χ4v) is 1.76. The van der Waals surface area contributed by atoms with Gasteiger partial charge in [0.25, 0.3) is 0 Å². The molecule has 0 fully saturated rings. The lowest BCUT2D eigenvalue weighted by Crippen LogP contribution is -2.05. The molecule has 0 aliphatic rings. The van der Waals surface area contributed by atoms with Gasteiger partial charge in [0.15, 0.2) is 0 Å². The van der Waals surface area contributed by atoms with Crippen LogP contribution >= 0.6 is 0 Å². The molecule has 0 radical (unpaired) electrons. The highest BCUT2D eigenvalue weighted by atomic mass is 16.3. The minimum Gasteiger partial charge on any atom is -0.387 e. The minimum absolute atomic E-state index is 0.509. The summed E-state index contributed by atoms with van der Waals surface area (Å²) in [6, 6.07) is 5.81. The zero-order valence-electron chi connectivity index (χ0n) is 10.2. The largest absolute Gasteiger partial charge is 0.387 e. The SMILES string of the molecule is Cc1ccc(C(O)CCc2ccnn2C)nc1. The van der Waals surface area contributed by atoms with Crippen molar-refractivity contribution in [2.75, 3.05) is 0 Å². The first kappa shape index (κ1) is 11.8. The molecular weight excluding hydrogens is 214 g/mol. The molecule has 0 aromatic carbocycles. The van der Waals surface area contributed by atoms with E-state index < -0.39 is 6.10 Å². The van der Waals surface area contributed by atoms with Crippen molar-refractivity contribution in [3.8, 4) is 0 Å². The number of aromatic nitrogens is 3. The Labute approximate surface area is 101 Å². The molecule has 0 saturated heterocycles. The van der Waals surface area contributed by atoms with E-state index in [4.69, 9.17) is 0 Å². The Balaban J connectivity index is 1.95. The molecule has 0 amide bonds. The first-order valence-corrected chi connectivity index (χ1v) is 5.74. The molecule has 1 N–H and O–H groups in total. The maximum Gasteiger partial charge on any atom is 0.0963 e. The summed E-state index contributed by atoms with van der Waals surface area (Å²) >= 11 is 0. The second-order valence-corrected chi connectivity index (χ2v) is 4.26. The van der Waals surface area contributed by atoms with Crippen molar-refractivity contribution < 1.29 is 5.11 Å². The van der Waals surface area contributed by atoms with E-state index in [2.05, 4.69) is 10.1 Å². The minimum atomic E-state index is -0.509. The van der Waals surface area contributed by atoms with Crippen molar-refractivity contribution in [1.29, 1.82) is 0 Å². The molecular formula is C13H17N3O. The van der Waals surface area contributed by atoms with Crippen LogP contribution in [-0.2, 0) is 13.5 Å². The molecule has 1 unspecified atom stereocenters. The van der Waals surface area contributed by atoms with Crippen LogP contribution in [0.15, 0.2) is 30.6 Å². The Morgan fingerprint density at radius 2 is 2.18 bits per heavy atom. The van der Waals surface area contributed by atoms with Gasteiger partial charge in [-0.15, -0.1) is 0 Å². The van der Waals surface area contributed by atoms with E-state index in [1.165, 1.54) is 0 Å². The van der Waals surface area contributed by atoms with E-state index in [1.807, 2.05) is 36.9 Å². The highest BCUT2D eigenvalue weighted by molar-refractivity contribution is 5.14. The number of hydrogen-bond acceptors (Lipinski definition) is 3. The summed E-state index contributed by atoms with van der Waals surface area (Å²) in [6.45, 7) is 1.98. The third-order valence-electron chi connectivity index (χ3n) is 2.87. The molecule has 17 heavy (non-hydrogen) atoms. The fourth-order valence-electron chi connectivity index (χ4n) is 1.76. The Kier molecular flexibility index (Phi) is 3.54. The van der Waals surface area contributed by atoms with Crippen LogP contribution in [0.25, 0.3) is 0 Å². The molecule has 1 atom stereocenters. The number of nitrogens with zero attached hydrogens (tertiary/aromatic N) is 3. The first-order valence-electron chi connectivity index (χ1n) is 5.74. The summed E-state index contributed by atoms with van der Waals surface area (Å²) in [6.07, 6.45) is 4.50. The summed E-state index contributed by atoms with van der Waals surface area (Å²) in [4.78, 5) is 4.23. The summed E-state index contributed by atoms with van der Waals surface area (Å²) in [5, 5.41) is 14.1. The van der Waals surface area contributed by atoms with Crippen molar-refractivity contribution in [3.63, 3.8) is 0 Å². The lowest BCUT2D eigenvalue weighted by atomic mass is 10.1. The average molecular weight is 231 g/mol. The van der Waals surface area contributed by atoms with Crippen LogP contribution in [0.3, 0.4) is 0 Å². The van der Waals surface area contributed by atoms with Gasteiger partial charge < -0.3 is 5.11 Å². The van der Waals surface area contributed by atoms with E-state index in [1.54, 1.807) is 12.4 Å². The standard InChI is InChI=1S/C13H17N3O/c1-10-3-5-12(14-9-10)13(17)6-4-11-7-8-15-16(11)2/h3,5,7-9,13,17H,4,6H2,1-2H3. The molecule has 0 saturated carbocycles. The number of rotatable bonds is 4. The van der Waals surface area contributed by atoms with Crippen molar-refractivity contribution in [1.82, 2.24) is 14.8 Å². The monoisotopic (exact) mass is 231 g/mol. The van der Waals surface area contributed by atoms with Crippen LogP contribution in [-0.4, -0.2) is 19.9 Å². The van der Waals surface area contributed by atoms with Gasteiger partial charge in [-0.25, -0.2) is 0 Å². The Morgan fingerprint density at radius 3 is 2.76 bits per heavy atom. The summed E-state index contributed by atoms with van der Waals surface area (Å²) < 4.78 is 1.83. The van der Waals surface area contributed by atoms with Gasteiger partial charge in [0.1, 0.15) is 0 Å². The van der Waals surface area contributed by atoms with Crippen LogP contribution in [0.2, 0.25) is 0 Å². The number of pyridine rings is 1. The smallest absolute Gasteiger partial charge is 0.0963 e. The van der Waals surface area contributed by atoms with E-state index in [0.717, 1.165) is 23.4 Å². The molecule has 2 aromatic rings. The van der Waals surface area contributed by atoms with E-state index in [0.29, 0.717) is 6.42 Å². The molecule has 0 bridgehead atoms. The van der Waals surface area contributed by atoms with Gasteiger partial charge in [-0.05, 0) is 37.5 Å². The molecule has 0 aliphatic carbocycles. The quantitative estimate of drug-likeness (QED) is 0.872. The maximum atomic E-state index is 10.0. The van der Waals surface area contributed by atoms with Gasteiger partial charge in [-0.3, -0.25) is 9.67 Å². The summed E-state index contributed by atoms with van der Waals surface area (Å²) in [7, 11) is 1.91. The molecule has 0 spiro atoms. The second-order valence-electron chi connectivity index (χ2n) is 4.26.